The molecule has 1 unspecified atom stereocenters. The average Bonchev–Trinajstić information content (AvgIpc) is 2.73. The summed E-state index contributed by atoms with van der Waals surface area (Å²) in [5.41, 5.74) is -0.990. The highest BCUT2D eigenvalue weighted by molar-refractivity contribution is 5.86. The molecule has 1 saturated carbocycles. The summed E-state index contributed by atoms with van der Waals surface area (Å²) in [6.45, 7) is 3.45. The SMILES string of the molecule is CCCC1(C(=O)NCC2(O)CCC2)CCCN1. The molecule has 1 heterocycles. The molecule has 2 fully saturated rings. The van der Waals surface area contributed by atoms with Gasteiger partial charge in [-0.1, -0.05) is 13.3 Å². The summed E-state index contributed by atoms with van der Waals surface area (Å²) in [4.78, 5) is 12.3. The molecule has 1 amide bonds. The van der Waals surface area contributed by atoms with Gasteiger partial charge >= 0.3 is 0 Å². The van der Waals surface area contributed by atoms with Gasteiger partial charge in [0, 0.05) is 6.54 Å². The van der Waals surface area contributed by atoms with E-state index in [1.54, 1.807) is 0 Å². The predicted octanol–water partition coefficient (Wildman–Crippen LogP) is 0.940. The maximum atomic E-state index is 12.3. The molecule has 3 N–H and O–H groups in total. The largest absolute Gasteiger partial charge is 0.388 e. The molecule has 2 aliphatic rings. The second kappa shape index (κ2) is 4.94. The first-order valence-corrected chi connectivity index (χ1v) is 6.86. The number of hydrogen-bond donors (Lipinski definition) is 3. The molecule has 0 aromatic carbocycles. The molecule has 0 aromatic rings. The summed E-state index contributed by atoms with van der Waals surface area (Å²) in [7, 11) is 0. The molecule has 2 rings (SSSR count). The Morgan fingerprint density at radius 1 is 1.35 bits per heavy atom. The lowest BCUT2D eigenvalue weighted by Gasteiger charge is -2.38. The molecular weight excluding hydrogens is 216 g/mol. The molecule has 17 heavy (non-hydrogen) atoms. The molecular formula is C13H24N2O2. The van der Waals surface area contributed by atoms with Crippen LogP contribution in [0.5, 0.6) is 0 Å². The van der Waals surface area contributed by atoms with Crippen molar-refractivity contribution in [2.75, 3.05) is 13.1 Å². The van der Waals surface area contributed by atoms with Gasteiger partial charge in [0.05, 0.1) is 11.1 Å². The van der Waals surface area contributed by atoms with Crippen molar-refractivity contribution in [3.8, 4) is 0 Å². The monoisotopic (exact) mass is 240 g/mol. The minimum atomic E-state index is -0.623. The first-order valence-electron chi connectivity index (χ1n) is 6.86. The Bertz CT molecular complexity index is 281. The van der Waals surface area contributed by atoms with Crippen LogP contribution >= 0.6 is 0 Å². The number of carbonyl (C=O) groups is 1. The van der Waals surface area contributed by atoms with Gasteiger partial charge in [0.2, 0.25) is 5.91 Å². The van der Waals surface area contributed by atoms with Crippen molar-refractivity contribution in [1.82, 2.24) is 10.6 Å². The molecule has 4 heteroatoms. The number of carbonyl (C=O) groups excluding carboxylic acids is 1. The Morgan fingerprint density at radius 2 is 2.12 bits per heavy atom. The molecule has 1 aliphatic carbocycles. The Labute approximate surface area is 103 Å². The van der Waals surface area contributed by atoms with Crippen LogP contribution in [-0.4, -0.2) is 35.2 Å². The maximum absolute atomic E-state index is 12.3. The average molecular weight is 240 g/mol. The number of hydrogen-bond acceptors (Lipinski definition) is 3. The second-order valence-electron chi connectivity index (χ2n) is 5.62. The molecule has 0 spiro atoms. The van der Waals surface area contributed by atoms with Gasteiger partial charge < -0.3 is 15.7 Å². The number of rotatable bonds is 5. The summed E-state index contributed by atoms with van der Waals surface area (Å²) >= 11 is 0. The van der Waals surface area contributed by atoms with Gasteiger partial charge in [-0.15, -0.1) is 0 Å². The van der Waals surface area contributed by atoms with E-state index in [0.717, 1.165) is 51.5 Å². The summed E-state index contributed by atoms with van der Waals surface area (Å²) in [6, 6.07) is 0. The lowest BCUT2D eigenvalue weighted by molar-refractivity contribution is -0.129. The Morgan fingerprint density at radius 3 is 2.59 bits per heavy atom. The van der Waals surface area contributed by atoms with E-state index in [4.69, 9.17) is 0 Å². The predicted molar refractivity (Wildman–Crippen MR) is 66.7 cm³/mol. The molecule has 1 saturated heterocycles. The van der Waals surface area contributed by atoms with Crippen LogP contribution in [0.1, 0.15) is 51.9 Å². The lowest BCUT2D eigenvalue weighted by atomic mass is 9.80. The molecule has 4 nitrogen and oxygen atoms in total. The van der Waals surface area contributed by atoms with Crippen LogP contribution in [0.2, 0.25) is 0 Å². The highest BCUT2D eigenvalue weighted by Crippen LogP contribution is 2.31. The van der Waals surface area contributed by atoms with E-state index in [2.05, 4.69) is 17.6 Å². The van der Waals surface area contributed by atoms with Gasteiger partial charge in [-0.05, 0) is 45.1 Å². The Balaban J connectivity index is 1.88. The van der Waals surface area contributed by atoms with Crippen LogP contribution in [0.4, 0.5) is 0 Å². The molecule has 98 valence electrons. The van der Waals surface area contributed by atoms with Gasteiger partial charge in [-0.3, -0.25) is 4.79 Å². The molecule has 0 aromatic heterocycles. The summed E-state index contributed by atoms with van der Waals surface area (Å²) < 4.78 is 0. The molecule has 0 bridgehead atoms. The van der Waals surface area contributed by atoms with E-state index >= 15 is 0 Å². The van der Waals surface area contributed by atoms with Crippen LogP contribution < -0.4 is 10.6 Å². The molecule has 1 aliphatic heterocycles. The van der Waals surface area contributed by atoms with Gasteiger partial charge in [0.15, 0.2) is 0 Å². The topological polar surface area (TPSA) is 61.4 Å². The van der Waals surface area contributed by atoms with Crippen molar-refractivity contribution in [1.29, 1.82) is 0 Å². The van der Waals surface area contributed by atoms with E-state index in [1.165, 1.54) is 0 Å². The van der Waals surface area contributed by atoms with Crippen molar-refractivity contribution >= 4 is 5.91 Å². The van der Waals surface area contributed by atoms with E-state index < -0.39 is 5.60 Å². The Kier molecular flexibility index (Phi) is 3.73. The quantitative estimate of drug-likeness (QED) is 0.670. The fourth-order valence-corrected chi connectivity index (χ4v) is 2.93. The second-order valence-corrected chi connectivity index (χ2v) is 5.62. The van der Waals surface area contributed by atoms with Crippen LogP contribution in [0.15, 0.2) is 0 Å². The third kappa shape index (κ3) is 2.63. The number of amides is 1. The fraction of sp³-hybridized carbons (Fsp3) is 0.923. The highest BCUT2D eigenvalue weighted by Gasteiger charge is 2.41. The summed E-state index contributed by atoms with van der Waals surface area (Å²) in [6.07, 6.45) is 6.60. The van der Waals surface area contributed by atoms with Crippen molar-refractivity contribution in [2.24, 2.45) is 0 Å². The third-order valence-electron chi connectivity index (χ3n) is 4.22. The van der Waals surface area contributed by atoms with Crippen molar-refractivity contribution in [2.45, 2.75) is 63.0 Å². The summed E-state index contributed by atoms with van der Waals surface area (Å²) in [5, 5.41) is 16.3. The minimum absolute atomic E-state index is 0.0807. The van der Waals surface area contributed by atoms with Crippen molar-refractivity contribution < 1.29 is 9.90 Å². The maximum Gasteiger partial charge on any atom is 0.240 e. The first-order chi connectivity index (χ1) is 8.10. The lowest BCUT2D eigenvalue weighted by Crippen LogP contribution is -2.57. The van der Waals surface area contributed by atoms with Crippen molar-refractivity contribution in [3.05, 3.63) is 0 Å². The molecule has 1 atom stereocenters. The minimum Gasteiger partial charge on any atom is -0.388 e. The zero-order valence-corrected chi connectivity index (χ0v) is 10.7. The van der Waals surface area contributed by atoms with Crippen LogP contribution in [0, 0.1) is 0 Å². The normalized spacial score (nSPS) is 30.9. The van der Waals surface area contributed by atoms with Crippen LogP contribution in [0.3, 0.4) is 0 Å². The van der Waals surface area contributed by atoms with E-state index in [1.807, 2.05) is 0 Å². The first kappa shape index (κ1) is 12.8. The third-order valence-corrected chi connectivity index (χ3v) is 4.22. The summed E-state index contributed by atoms with van der Waals surface area (Å²) in [5.74, 6) is 0.0807. The van der Waals surface area contributed by atoms with Gasteiger partial charge in [-0.25, -0.2) is 0 Å². The molecule has 0 radical (unpaired) electrons. The smallest absolute Gasteiger partial charge is 0.240 e. The number of nitrogens with one attached hydrogen (secondary N) is 2. The van der Waals surface area contributed by atoms with Gasteiger partial charge in [0.1, 0.15) is 0 Å². The van der Waals surface area contributed by atoms with E-state index in [-0.39, 0.29) is 11.4 Å². The van der Waals surface area contributed by atoms with Gasteiger partial charge in [-0.2, -0.15) is 0 Å². The van der Waals surface area contributed by atoms with E-state index in [0.29, 0.717) is 6.54 Å². The van der Waals surface area contributed by atoms with Crippen molar-refractivity contribution in [3.63, 3.8) is 0 Å². The zero-order chi connectivity index (χ0) is 12.4. The zero-order valence-electron chi connectivity index (χ0n) is 10.7. The fourth-order valence-electron chi connectivity index (χ4n) is 2.93. The standard InChI is InChI=1S/C13H24N2O2/c1-2-5-13(8-4-9-15-13)11(16)14-10-12(17)6-3-7-12/h15,17H,2-10H2,1H3,(H,14,16). The Hall–Kier alpha value is -0.610. The highest BCUT2D eigenvalue weighted by atomic mass is 16.3. The van der Waals surface area contributed by atoms with Gasteiger partial charge in [0.25, 0.3) is 0 Å². The van der Waals surface area contributed by atoms with E-state index in [9.17, 15) is 9.90 Å². The van der Waals surface area contributed by atoms with Crippen LogP contribution in [-0.2, 0) is 4.79 Å². The number of aliphatic hydroxyl groups is 1. The van der Waals surface area contributed by atoms with Crippen LogP contribution in [0.25, 0.3) is 0 Å².